The first-order valence-electron chi connectivity index (χ1n) is 2.35. The SMILES string of the molecule is O[As](O)(O)=S.O[As](O)(O)=S.O[As](O)(O)=S.[AsH3]. The normalized spacial score (nSPS) is 11.1. The average Bonchev–Trinajstić information content (AvgIpc) is 1.41. The van der Waals surface area contributed by atoms with Crippen LogP contribution in [0, 0.1) is 0 Å². The third kappa shape index (κ3) is 621. The van der Waals surface area contributed by atoms with Gasteiger partial charge < -0.3 is 0 Å². The molecule has 0 bridgehead atoms. The second-order valence-electron chi connectivity index (χ2n) is 1.54. The fourth-order valence-corrected chi connectivity index (χ4v) is 0. The molecule has 1 atom stereocenters. The molecule has 0 radical (unpaired) electrons. The van der Waals surface area contributed by atoms with Crippen molar-refractivity contribution in [2.75, 3.05) is 0 Å². The van der Waals surface area contributed by atoms with Crippen molar-refractivity contribution in [2.45, 2.75) is 0 Å². The Morgan fingerprint density at radius 1 is 0.438 bits per heavy atom. The summed E-state index contributed by atoms with van der Waals surface area (Å²) >= 11 is -12.9. The van der Waals surface area contributed by atoms with Gasteiger partial charge in [-0.3, -0.25) is 0 Å². The van der Waals surface area contributed by atoms with Crippen molar-refractivity contribution in [1.29, 1.82) is 0 Å². The molecular formula is H12As4O9S3. The molecule has 0 amide bonds. The molecule has 0 aliphatic carbocycles. The first-order valence-corrected chi connectivity index (χ1v) is 17.9. The molecule has 0 aliphatic rings. The molecule has 16 heavy (non-hydrogen) atoms. The van der Waals surface area contributed by atoms with Gasteiger partial charge in [0.15, 0.2) is 0 Å². The zero-order valence-electron chi connectivity index (χ0n) is 7.30. The molecule has 0 aromatic heterocycles. The van der Waals surface area contributed by atoms with Gasteiger partial charge in [0.25, 0.3) is 0 Å². The summed E-state index contributed by atoms with van der Waals surface area (Å²) in [6, 6.07) is 0. The molecule has 0 fully saturated rings. The first-order chi connectivity index (χ1) is 6.00. The van der Waals surface area contributed by atoms with Gasteiger partial charge in [0.05, 0.1) is 0 Å². The van der Waals surface area contributed by atoms with Crippen LogP contribution in [-0.4, -0.2) is 93.5 Å². The Kier molecular flexibility index (Phi) is 19.2. The van der Waals surface area contributed by atoms with Crippen LogP contribution in [0.2, 0.25) is 0 Å². The zero-order chi connectivity index (χ0) is 13.5. The van der Waals surface area contributed by atoms with E-state index in [2.05, 4.69) is 31.2 Å². The number of hydrogen-bond acceptors (Lipinski definition) is 3. The first kappa shape index (κ1) is 27.0. The standard InChI is InChI=1S/3AsH3O3S.AsH3/c3*2-1(3,4)5;/h3*(H3,2,3,4,5);1H3. The van der Waals surface area contributed by atoms with Crippen LogP contribution in [0.25, 0.3) is 0 Å². The Balaban J connectivity index is -0.0000000655. The predicted octanol–water partition coefficient (Wildman–Crippen LogP) is -5.39. The number of hydrogen-bond donors (Lipinski definition) is 9. The van der Waals surface area contributed by atoms with E-state index in [1.165, 1.54) is 0 Å². The van der Waals surface area contributed by atoms with Gasteiger partial charge in [0.1, 0.15) is 0 Å². The van der Waals surface area contributed by atoms with Crippen molar-refractivity contribution in [1.82, 2.24) is 0 Å². The van der Waals surface area contributed by atoms with Gasteiger partial charge in [0, 0.05) is 0 Å². The van der Waals surface area contributed by atoms with E-state index in [0.717, 1.165) is 0 Å². The summed E-state index contributed by atoms with van der Waals surface area (Å²) in [7, 11) is 11.0. The van der Waals surface area contributed by atoms with Gasteiger partial charge in [-0.2, -0.15) is 0 Å². The molecule has 0 aromatic rings. The van der Waals surface area contributed by atoms with Crippen molar-refractivity contribution in [2.24, 2.45) is 0 Å². The fourth-order valence-electron chi connectivity index (χ4n) is 0. The van der Waals surface area contributed by atoms with E-state index >= 15 is 0 Å². The molecule has 0 heterocycles. The van der Waals surface area contributed by atoms with Crippen LogP contribution in [0.1, 0.15) is 0 Å². The van der Waals surface area contributed by atoms with Crippen LogP contribution in [0.4, 0.5) is 0 Å². The van der Waals surface area contributed by atoms with E-state index in [1.807, 2.05) is 0 Å². The summed E-state index contributed by atoms with van der Waals surface area (Å²) in [4.78, 5) is 0. The molecule has 9 N–H and O–H groups in total. The summed E-state index contributed by atoms with van der Waals surface area (Å²) in [6.07, 6.45) is 0. The second kappa shape index (κ2) is 11.4. The fraction of sp³-hybridized carbons (Fsp3) is 0. The van der Waals surface area contributed by atoms with E-state index in [-0.39, 0.29) is 18.0 Å². The third-order valence-electron chi connectivity index (χ3n) is 0. The monoisotopic (exact) mass is 552 g/mol. The van der Waals surface area contributed by atoms with Gasteiger partial charge in [-0.25, -0.2) is 0 Å². The average molecular weight is 552 g/mol. The summed E-state index contributed by atoms with van der Waals surface area (Å²) in [6.45, 7) is 0. The molecule has 0 rings (SSSR count). The van der Waals surface area contributed by atoms with Crippen LogP contribution in [0.5, 0.6) is 0 Å². The minimum absolute atomic E-state index is 0. The zero-order valence-corrected chi connectivity index (χ0v) is 18.3. The van der Waals surface area contributed by atoms with E-state index in [0.29, 0.717) is 0 Å². The summed E-state index contributed by atoms with van der Waals surface area (Å²) in [5, 5.41) is 0. The number of rotatable bonds is 0. The molecule has 0 aliphatic heterocycles. The van der Waals surface area contributed by atoms with Gasteiger partial charge in [-0.15, -0.1) is 0 Å². The summed E-state index contributed by atoms with van der Waals surface area (Å²) in [5.74, 6) is 0. The molecule has 1 unspecified atom stereocenters. The van der Waals surface area contributed by atoms with E-state index in [1.54, 1.807) is 0 Å². The summed E-state index contributed by atoms with van der Waals surface area (Å²) in [5.41, 5.74) is 0. The van der Waals surface area contributed by atoms with Gasteiger partial charge in [-0.05, 0) is 0 Å². The summed E-state index contributed by atoms with van der Waals surface area (Å²) < 4.78 is 68.6. The van der Waals surface area contributed by atoms with Gasteiger partial charge in [-0.1, -0.05) is 0 Å². The molecule has 0 saturated carbocycles. The van der Waals surface area contributed by atoms with E-state index in [4.69, 9.17) is 36.9 Å². The maximum absolute atomic E-state index is 7.62. The minimum atomic E-state index is -4.29. The van der Waals surface area contributed by atoms with Crippen LogP contribution in [-0.2, 0) is 0 Å². The van der Waals surface area contributed by atoms with Gasteiger partial charge >= 0.3 is 125 Å². The molecule has 9 nitrogen and oxygen atoms in total. The van der Waals surface area contributed by atoms with Gasteiger partial charge in [0.2, 0.25) is 0 Å². The third-order valence-corrected chi connectivity index (χ3v) is 0. The second-order valence-corrected chi connectivity index (χ2v) is 15.6. The quantitative estimate of drug-likeness (QED) is 0.131. The van der Waals surface area contributed by atoms with Crippen molar-refractivity contribution in [3.8, 4) is 0 Å². The maximum atomic E-state index is 7.62. The molecule has 16 heteroatoms. The van der Waals surface area contributed by atoms with E-state index < -0.39 is 38.7 Å². The van der Waals surface area contributed by atoms with Crippen LogP contribution in [0.15, 0.2) is 0 Å². The van der Waals surface area contributed by atoms with Crippen molar-refractivity contribution < 1.29 is 36.9 Å². The predicted molar refractivity (Wildman–Crippen MR) is 69.9 cm³/mol. The van der Waals surface area contributed by atoms with Crippen molar-refractivity contribution in [3.05, 3.63) is 0 Å². The van der Waals surface area contributed by atoms with Crippen LogP contribution >= 0.6 is 31.2 Å². The Hall–Kier alpha value is 2.53. The Labute approximate surface area is 123 Å². The Morgan fingerprint density at radius 3 is 0.438 bits per heavy atom. The molecule has 0 spiro atoms. The Morgan fingerprint density at radius 2 is 0.438 bits per heavy atom. The molecule has 0 aromatic carbocycles. The van der Waals surface area contributed by atoms with Crippen molar-refractivity contribution >= 4 is 87.8 Å². The van der Waals surface area contributed by atoms with E-state index in [9.17, 15) is 0 Å². The Bertz CT molecular complexity index is 209. The molecular weight excluding hydrogens is 540 g/mol. The van der Waals surface area contributed by atoms with Crippen LogP contribution < -0.4 is 0 Å². The molecule has 104 valence electrons. The van der Waals surface area contributed by atoms with Crippen molar-refractivity contribution in [3.63, 3.8) is 0 Å². The topological polar surface area (TPSA) is 182 Å². The van der Waals surface area contributed by atoms with Crippen LogP contribution in [0.3, 0.4) is 0 Å². The molecule has 0 saturated heterocycles.